The summed E-state index contributed by atoms with van der Waals surface area (Å²) in [7, 11) is 0. The molecule has 4 nitrogen and oxygen atoms in total. The van der Waals surface area contributed by atoms with Gasteiger partial charge in [0.15, 0.2) is 0 Å². The summed E-state index contributed by atoms with van der Waals surface area (Å²) in [6.45, 7) is 0.605. The lowest BCUT2D eigenvalue weighted by atomic mass is 9.71. The maximum absolute atomic E-state index is 12.2. The van der Waals surface area contributed by atoms with Crippen molar-refractivity contribution in [2.24, 2.45) is 11.1 Å². The zero-order valence-corrected chi connectivity index (χ0v) is 11.9. The summed E-state index contributed by atoms with van der Waals surface area (Å²) in [5.74, 6) is 0.0818. The number of rotatable bonds is 4. The van der Waals surface area contributed by atoms with Gasteiger partial charge in [0.1, 0.15) is 0 Å². The van der Waals surface area contributed by atoms with Gasteiger partial charge in [-0.25, -0.2) is 0 Å². The maximum Gasteiger partial charge on any atom is 0.220 e. The van der Waals surface area contributed by atoms with Crippen LogP contribution in [0.15, 0.2) is 0 Å². The van der Waals surface area contributed by atoms with Crippen molar-refractivity contribution in [2.45, 2.75) is 76.4 Å². The number of nitrogens with two attached hydrogens (primary N) is 1. The molecule has 110 valence electrons. The molecule has 0 radical (unpaired) electrons. The molecular formula is C15H28N2O2. The molecule has 0 aromatic heterocycles. The lowest BCUT2D eigenvalue weighted by Crippen LogP contribution is -2.47. The molecule has 2 fully saturated rings. The van der Waals surface area contributed by atoms with Gasteiger partial charge in [-0.1, -0.05) is 32.1 Å². The molecule has 0 aliphatic heterocycles. The molecule has 4 heteroatoms. The van der Waals surface area contributed by atoms with E-state index in [2.05, 4.69) is 5.32 Å². The van der Waals surface area contributed by atoms with Crippen LogP contribution in [0, 0.1) is 5.41 Å². The molecule has 0 saturated heterocycles. The standard InChI is InChI=1S/C15H28N2O2/c16-11-15(8-4-1-5-9-15)10-14(19)17-12-6-2-3-7-13(12)18/h12-13,18H,1-11,16H2,(H,17,19)/t12-,13-/m0/s1. The fourth-order valence-electron chi connectivity index (χ4n) is 3.63. The summed E-state index contributed by atoms with van der Waals surface area (Å²) in [5, 5.41) is 12.9. The Bertz CT molecular complexity index is 301. The maximum atomic E-state index is 12.2. The summed E-state index contributed by atoms with van der Waals surface area (Å²) >= 11 is 0. The molecule has 19 heavy (non-hydrogen) atoms. The third kappa shape index (κ3) is 3.93. The van der Waals surface area contributed by atoms with Gasteiger partial charge >= 0.3 is 0 Å². The van der Waals surface area contributed by atoms with E-state index in [0.29, 0.717) is 13.0 Å². The van der Waals surface area contributed by atoms with Crippen molar-refractivity contribution in [1.29, 1.82) is 0 Å². The van der Waals surface area contributed by atoms with Crippen LogP contribution in [0.3, 0.4) is 0 Å². The SMILES string of the molecule is NCC1(CC(=O)N[C@H]2CCCC[C@@H]2O)CCCCC1. The van der Waals surface area contributed by atoms with Crippen LogP contribution in [0.1, 0.15) is 64.2 Å². The molecule has 4 N–H and O–H groups in total. The molecule has 0 heterocycles. The molecule has 2 aliphatic carbocycles. The van der Waals surface area contributed by atoms with Crippen LogP contribution in [0.2, 0.25) is 0 Å². The Morgan fingerprint density at radius 1 is 1.16 bits per heavy atom. The van der Waals surface area contributed by atoms with Crippen molar-refractivity contribution in [3.05, 3.63) is 0 Å². The van der Waals surface area contributed by atoms with E-state index in [0.717, 1.165) is 38.5 Å². The van der Waals surface area contributed by atoms with E-state index in [1.54, 1.807) is 0 Å². The highest BCUT2D eigenvalue weighted by atomic mass is 16.3. The Hall–Kier alpha value is -0.610. The normalized spacial score (nSPS) is 30.8. The van der Waals surface area contributed by atoms with Crippen LogP contribution >= 0.6 is 0 Å². The highest BCUT2D eigenvalue weighted by Crippen LogP contribution is 2.38. The number of carbonyl (C=O) groups excluding carboxylic acids is 1. The molecule has 2 aliphatic rings. The topological polar surface area (TPSA) is 75.4 Å². The predicted molar refractivity (Wildman–Crippen MR) is 75.6 cm³/mol. The Morgan fingerprint density at radius 2 is 1.84 bits per heavy atom. The van der Waals surface area contributed by atoms with E-state index < -0.39 is 0 Å². The largest absolute Gasteiger partial charge is 0.391 e. The number of amides is 1. The summed E-state index contributed by atoms with van der Waals surface area (Å²) in [6, 6.07) is -0.0420. The van der Waals surface area contributed by atoms with E-state index >= 15 is 0 Å². The Balaban J connectivity index is 1.85. The van der Waals surface area contributed by atoms with Crippen molar-refractivity contribution in [1.82, 2.24) is 5.32 Å². The summed E-state index contributed by atoms with van der Waals surface area (Å²) in [4.78, 5) is 12.2. The van der Waals surface area contributed by atoms with Gasteiger partial charge in [0.25, 0.3) is 0 Å². The summed E-state index contributed by atoms with van der Waals surface area (Å²) in [5.41, 5.74) is 5.93. The first kappa shape index (κ1) is 14.8. The van der Waals surface area contributed by atoms with Gasteiger partial charge in [-0.15, -0.1) is 0 Å². The fraction of sp³-hybridized carbons (Fsp3) is 0.933. The number of aliphatic hydroxyl groups excluding tert-OH is 1. The Morgan fingerprint density at radius 3 is 2.47 bits per heavy atom. The number of hydrogen-bond acceptors (Lipinski definition) is 3. The van der Waals surface area contributed by atoms with Crippen LogP contribution in [0.5, 0.6) is 0 Å². The molecular weight excluding hydrogens is 240 g/mol. The first-order valence-electron chi connectivity index (χ1n) is 7.83. The molecule has 0 spiro atoms. The molecule has 2 atom stereocenters. The predicted octanol–water partition coefficient (Wildman–Crippen LogP) is 1.71. The average molecular weight is 268 g/mol. The molecule has 0 bridgehead atoms. The molecule has 2 rings (SSSR count). The van der Waals surface area contributed by atoms with Crippen LogP contribution < -0.4 is 11.1 Å². The van der Waals surface area contributed by atoms with Gasteiger partial charge in [-0.2, -0.15) is 0 Å². The number of nitrogens with one attached hydrogen (secondary N) is 1. The third-order valence-electron chi connectivity index (χ3n) is 4.96. The molecule has 0 aromatic rings. The number of hydrogen-bond donors (Lipinski definition) is 3. The van der Waals surface area contributed by atoms with Crippen molar-refractivity contribution >= 4 is 5.91 Å². The first-order valence-corrected chi connectivity index (χ1v) is 7.83. The first-order chi connectivity index (χ1) is 9.15. The van der Waals surface area contributed by atoms with Crippen LogP contribution in [-0.4, -0.2) is 29.7 Å². The van der Waals surface area contributed by atoms with E-state index in [4.69, 9.17) is 5.73 Å². The lowest BCUT2D eigenvalue weighted by Gasteiger charge is -2.36. The number of aliphatic hydroxyl groups is 1. The van der Waals surface area contributed by atoms with Gasteiger partial charge in [0.2, 0.25) is 5.91 Å². The van der Waals surface area contributed by atoms with Crippen molar-refractivity contribution in [3.8, 4) is 0 Å². The van der Waals surface area contributed by atoms with Crippen LogP contribution in [-0.2, 0) is 4.79 Å². The second-order valence-corrected chi connectivity index (χ2v) is 6.47. The molecule has 0 aromatic carbocycles. The quantitative estimate of drug-likeness (QED) is 0.726. The van der Waals surface area contributed by atoms with E-state index in [1.807, 2.05) is 0 Å². The van der Waals surface area contributed by atoms with Gasteiger partial charge < -0.3 is 16.2 Å². The average Bonchev–Trinajstić information content (AvgIpc) is 2.42. The minimum Gasteiger partial charge on any atom is -0.391 e. The zero-order valence-electron chi connectivity index (χ0n) is 11.9. The van der Waals surface area contributed by atoms with Crippen LogP contribution in [0.4, 0.5) is 0 Å². The Labute approximate surface area is 116 Å². The fourth-order valence-corrected chi connectivity index (χ4v) is 3.63. The number of carbonyl (C=O) groups is 1. The smallest absolute Gasteiger partial charge is 0.220 e. The van der Waals surface area contributed by atoms with E-state index in [1.165, 1.54) is 19.3 Å². The second kappa shape index (κ2) is 6.71. The third-order valence-corrected chi connectivity index (χ3v) is 4.96. The lowest BCUT2D eigenvalue weighted by molar-refractivity contribution is -0.125. The van der Waals surface area contributed by atoms with Gasteiger partial charge in [-0.3, -0.25) is 4.79 Å². The van der Waals surface area contributed by atoms with Crippen LogP contribution in [0.25, 0.3) is 0 Å². The van der Waals surface area contributed by atoms with Gasteiger partial charge in [0.05, 0.1) is 12.1 Å². The van der Waals surface area contributed by atoms with Gasteiger partial charge in [-0.05, 0) is 37.6 Å². The molecule has 1 amide bonds. The monoisotopic (exact) mass is 268 g/mol. The van der Waals surface area contributed by atoms with Crippen molar-refractivity contribution < 1.29 is 9.90 Å². The van der Waals surface area contributed by atoms with Crippen molar-refractivity contribution in [3.63, 3.8) is 0 Å². The molecule has 0 unspecified atom stereocenters. The minimum absolute atomic E-state index is 0.0158. The van der Waals surface area contributed by atoms with E-state index in [-0.39, 0.29) is 23.5 Å². The summed E-state index contributed by atoms with van der Waals surface area (Å²) < 4.78 is 0. The second-order valence-electron chi connectivity index (χ2n) is 6.47. The minimum atomic E-state index is -0.363. The summed E-state index contributed by atoms with van der Waals surface area (Å²) in [6.07, 6.45) is 9.86. The van der Waals surface area contributed by atoms with Gasteiger partial charge in [0, 0.05) is 6.42 Å². The highest BCUT2D eigenvalue weighted by Gasteiger charge is 2.34. The van der Waals surface area contributed by atoms with E-state index in [9.17, 15) is 9.90 Å². The highest BCUT2D eigenvalue weighted by molar-refractivity contribution is 5.77. The van der Waals surface area contributed by atoms with Crippen molar-refractivity contribution in [2.75, 3.05) is 6.54 Å². The molecule has 2 saturated carbocycles. The Kier molecular flexibility index (Phi) is 5.22. The zero-order chi connectivity index (χ0) is 13.7.